The van der Waals surface area contributed by atoms with Crippen molar-refractivity contribution in [2.45, 2.75) is 38.6 Å². The summed E-state index contributed by atoms with van der Waals surface area (Å²) in [4.78, 5) is 15.1. The smallest absolute Gasteiger partial charge is 0.254 e. The highest BCUT2D eigenvalue weighted by molar-refractivity contribution is 5.96. The third kappa shape index (κ3) is 4.69. The summed E-state index contributed by atoms with van der Waals surface area (Å²) in [6, 6.07) is 16.2. The van der Waals surface area contributed by atoms with Gasteiger partial charge in [-0.25, -0.2) is 0 Å². The van der Waals surface area contributed by atoms with Crippen molar-refractivity contribution in [1.29, 1.82) is 0 Å². The molecular formula is C23H30N2O2. The number of benzene rings is 2. The van der Waals surface area contributed by atoms with E-state index in [1.807, 2.05) is 35.2 Å². The molecule has 0 aliphatic carbocycles. The molecule has 0 aromatic heterocycles. The van der Waals surface area contributed by atoms with E-state index in [2.05, 4.69) is 25.1 Å². The minimum Gasteiger partial charge on any atom is -0.497 e. The van der Waals surface area contributed by atoms with Crippen molar-refractivity contribution in [3.05, 3.63) is 65.2 Å². The van der Waals surface area contributed by atoms with Gasteiger partial charge in [-0.15, -0.1) is 0 Å². The van der Waals surface area contributed by atoms with Crippen molar-refractivity contribution in [3.63, 3.8) is 0 Å². The van der Waals surface area contributed by atoms with Crippen molar-refractivity contribution < 1.29 is 9.53 Å². The van der Waals surface area contributed by atoms with Crippen LogP contribution in [0.15, 0.2) is 48.5 Å². The fourth-order valence-electron chi connectivity index (χ4n) is 3.96. The van der Waals surface area contributed by atoms with Gasteiger partial charge in [-0.2, -0.15) is 0 Å². The molecule has 144 valence electrons. The number of amides is 1. The first-order valence-corrected chi connectivity index (χ1v) is 9.88. The van der Waals surface area contributed by atoms with Crippen LogP contribution in [0, 0.1) is 5.92 Å². The van der Waals surface area contributed by atoms with Gasteiger partial charge in [0.05, 0.1) is 7.11 Å². The number of hydrogen-bond donors (Lipinski definition) is 1. The van der Waals surface area contributed by atoms with E-state index in [4.69, 9.17) is 10.5 Å². The zero-order valence-corrected chi connectivity index (χ0v) is 16.4. The molecule has 27 heavy (non-hydrogen) atoms. The predicted molar refractivity (Wildman–Crippen MR) is 109 cm³/mol. The van der Waals surface area contributed by atoms with Gasteiger partial charge in [-0.1, -0.05) is 43.7 Å². The molecule has 0 spiro atoms. The van der Waals surface area contributed by atoms with E-state index in [0.29, 0.717) is 12.5 Å². The van der Waals surface area contributed by atoms with E-state index >= 15 is 0 Å². The summed E-state index contributed by atoms with van der Waals surface area (Å²) in [6.07, 6.45) is 3.90. The summed E-state index contributed by atoms with van der Waals surface area (Å²) in [5.74, 6) is 1.40. The Morgan fingerprint density at radius 3 is 2.74 bits per heavy atom. The molecule has 0 bridgehead atoms. The molecule has 3 rings (SSSR count). The first kappa shape index (κ1) is 19.4. The number of aryl methyl sites for hydroxylation is 2. The molecule has 1 aliphatic heterocycles. The minimum atomic E-state index is 0.0952. The third-order valence-electron chi connectivity index (χ3n) is 5.50. The molecule has 0 unspecified atom stereocenters. The Kier molecular flexibility index (Phi) is 6.51. The van der Waals surface area contributed by atoms with Crippen LogP contribution in [0.2, 0.25) is 0 Å². The first-order chi connectivity index (χ1) is 13.1. The van der Waals surface area contributed by atoms with Gasteiger partial charge >= 0.3 is 0 Å². The number of ether oxygens (including phenoxy) is 1. The van der Waals surface area contributed by atoms with Gasteiger partial charge in [0.15, 0.2) is 0 Å². The molecule has 1 aliphatic rings. The molecule has 4 nitrogen and oxygen atoms in total. The van der Waals surface area contributed by atoms with Crippen LogP contribution in [0.25, 0.3) is 0 Å². The number of carbonyl (C=O) groups is 1. The largest absolute Gasteiger partial charge is 0.497 e. The van der Waals surface area contributed by atoms with Crippen molar-refractivity contribution >= 4 is 5.91 Å². The van der Waals surface area contributed by atoms with E-state index in [0.717, 1.165) is 49.1 Å². The Morgan fingerprint density at radius 2 is 1.96 bits per heavy atom. The van der Waals surface area contributed by atoms with Crippen LogP contribution >= 0.6 is 0 Å². The number of methoxy groups -OCH3 is 1. The second-order valence-electron chi connectivity index (χ2n) is 7.43. The summed E-state index contributed by atoms with van der Waals surface area (Å²) in [5.41, 5.74) is 9.38. The maximum Gasteiger partial charge on any atom is 0.254 e. The number of carbonyl (C=O) groups excluding carboxylic acids is 1. The molecule has 2 aromatic rings. The summed E-state index contributed by atoms with van der Waals surface area (Å²) >= 11 is 0. The van der Waals surface area contributed by atoms with Gasteiger partial charge in [-0.05, 0) is 54.5 Å². The lowest BCUT2D eigenvalue weighted by atomic mass is 9.98. The highest BCUT2D eigenvalue weighted by atomic mass is 16.5. The van der Waals surface area contributed by atoms with Gasteiger partial charge in [0.2, 0.25) is 0 Å². The van der Waals surface area contributed by atoms with Crippen molar-refractivity contribution in [3.8, 4) is 5.75 Å². The van der Waals surface area contributed by atoms with Gasteiger partial charge in [-0.3, -0.25) is 4.79 Å². The molecule has 1 amide bonds. The fourth-order valence-corrected chi connectivity index (χ4v) is 3.96. The summed E-state index contributed by atoms with van der Waals surface area (Å²) in [6.45, 7) is 3.61. The average Bonchev–Trinajstić information content (AvgIpc) is 3.07. The molecule has 2 N–H and O–H groups in total. The highest BCUT2D eigenvalue weighted by Crippen LogP contribution is 2.24. The van der Waals surface area contributed by atoms with E-state index < -0.39 is 0 Å². The lowest BCUT2D eigenvalue weighted by Crippen LogP contribution is -2.32. The van der Waals surface area contributed by atoms with Gasteiger partial charge < -0.3 is 15.4 Å². The van der Waals surface area contributed by atoms with Crippen LogP contribution in [-0.4, -0.2) is 37.0 Å². The van der Waals surface area contributed by atoms with Crippen LogP contribution in [0.1, 0.15) is 41.3 Å². The molecule has 4 heteroatoms. The van der Waals surface area contributed by atoms with E-state index in [1.54, 1.807) is 7.11 Å². The SMILES string of the molecule is CCC[C@H]1CN(C(=O)c2ccccc2CCc2cccc(OC)c2)C[C@@H]1N. The third-order valence-corrected chi connectivity index (χ3v) is 5.50. The number of rotatable bonds is 7. The number of likely N-dealkylation sites (tertiary alicyclic amines) is 1. The zero-order chi connectivity index (χ0) is 19.2. The minimum absolute atomic E-state index is 0.0952. The molecule has 2 aromatic carbocycles. The quantitative estimate of drug-likeness (QED) is 0.813. The lowest BCUT2D eigenvalue weighted by Gasteiger charge is -2.18. The van der Waals surface area contributed by atoms with Crippen LogP contribution in [0.3, 0.4) is 0 Å². The molecule has 0 saturated carbocycles. The second-order valence-corrected chi connectivity index (χ2v) is 7.43. The van der Waals surface area contributed by atoms with Crippen molar-refractivity contribution in [2.75, 3.05) is 20.2 Å². The second kappa shape index (κ2) is 9.05. The Hall–Kier alpha value is -2.33. The molecule has 1 saturated heterocycles. The van der Waals surface area contributed by atoms with E-state index in [1.165, 1.54) is 5.56 Å². The lowest BCUT2D eigenvalue weighted by molar-refractivity contribution is 0.0784. The standard InChI is InChI=1S/C23H30N2O2/c1-3-7-19-15-25(16-22(19)24)23(26)21-11-5-4-9-18(21)13-12-17-8-6-10-20(14-17)27-2/h4-6,8-11,14,19,22H,3,7,12-13,15-16,24H2,1-2H3/t19-,22-/m0/s1. The molecule has 0 radical (unpaired) electrons. The van der Waals surface area contributed by atoms with Crippen LogP contribution in [0.5, 0.6) is 5.75 Å². The maximum atomic E-state index is 13.1. The molecule has 1 fully saturated rings. The van der Waals surface area contributed by atoms with Crippen LogP contribution < -0.4 is 10.5 Å². The highest BCUT2D eigenvalue weighted by Gasteiger charge is 2.33. The monoisotopic (exact) mass is 366 g/mol. The summed E-state index contributed by atoms with van der Waals surface area (Å²) in [5, 5.41) is 0. The number of nitrogens with two attached hydrogens (primary N) is 1. The Balaban J connectivity index is 1.71. The van der Waals surface area contributed by atoms with E-state index in [-0.39, 0.29) is 11.9 Å². The maximum absolute atomic E-state index is 13.1. The number of nitrogens with zero attached hydrogens (tertiary/aromatic N) is 1. The zero-order valence-electron chi connectivity index (χ0n) is 16.4. The van der Waals surface area contributed by atoms with Crippen molar-refractivity contribution in [2.24, 2.45) is 11.7 Å². The Morgan fingerprint density at radius 1 is 1.15 bits per heavy atom. The van der Waals surface area contributed by atoms with Crippen LogP contribution in [-0.2, 0) is 12.8 Å². The average molecular weight is 367 g/mol. The predicted octanol–water partition coefficient (Wildman–Crippen LogP) is 3.68. The summed E-state index contributed by atoms with van der Waals surface area (Å²) < 4.78 is 5.30. The van der Waals surface area contributed by atoms with Gasteiger partial charge in [0.1, 0.15) is 5.75 Å². The Bertz CT molecular complexity index is 774. The van der Waals surface area contributed by atoms with Gasteiger partial charge in [0.25, 0.3) is 5.91 Å². The number of hydrogen-bond acceptors (Lipinski definition) is 3. The Labute approximate surface area is 162 Å². The molecule has 1 heterocycles. The first-order valence-electron chi connectivity index (χ1n) is 9.88. The molecule has 2 atom stereocenters. The topological polar surface area (TPSA) is 55.6 Å². The van der Waals surface area contributed by atoms with Gasteiger partial charge in [0, 0.05) is 24.7 Å². The van der Waals surface area contributed by atoms with Crippen molar-refractivity contribution in [1.82, 2.24) is 4.90 Å². The van der Waals surface area contributed by atoms with Crippen LogP contribution in [0.4, 0.5) is 0 Å². The van der Waals surface area contributed by atoms with E-state index in [9.17, 15) is 4.79 Å². The fraction of sp³-hybridized carbons (Fsp3) is 0.435. The summed E-state index contributed by atoms with van der Waals surface area (Å²) in [7, 11) is 1.68. The normalized spacial score (nSPS) is 19.3. The molecular weight excluding hydrogens is 336 g/mol.